The first kappa shape index (κ1) is 13.4. The summed E-state index contributed by atoms with van der Waals surface area (Å²) >= 11 is 0. The van der Waals surface area contributed by atoms with E-state index >= 15 is 0 Å². The number of carbonyl (C=O) groups is 1. The van der Waals surface area contributed by atoms with Crippen LogP contribution in [0.4, 0.5) is 10.2 Å². The predicted molar refractivity (Wildman–Crippen MR) is 63.8 cm³/mol. The number of nitrogens with one attached hydrogen (secondary N) is 1. The number of aromatic nitrogens is 1. The number of hydrogen-bond donors (Lipinski definition) is 2. The first-order valence-electron chi connectivity index (χ1n) is 5.73. The van der Waals surface area contributed by atoms with Crippen LogP contribution in [-0.2, 0) is 0 Å². The third-order valence-corrected chi connectivity index (χ3v) is 2.56. The van der Waals surface area contributed by atoms with Crippen LogP contribution in [0.1, 0.15) is 43.5 Å². The normalized spacial score (nSPS) is 12.2. The number of carboxylic acid groups (broad SMARTS) is 1. The van der Waals surface area contributed by atoms with Crippen molar-refractivity contribution >= 4 is 11.8 Å². The molecule has 17 heavy (non-hydrogen) atoms. The molecule has 1 rings (SSSR count). The summed E-state index contributed by atoms with van der Waals surface area (Å²) in [6.07, 6.45) is 3.81. The summed E-state index contributed by atoms with van der Waals surface area (Å²) in [5, 5.41) is 12.0. The van der Waals surface area contributed by atoms with Crippen LogP contribution in [0, 0.1) is 5.82 Å². The van der Waals surface area contributed by atoms with E-state index in [2.05, 4.69) is 17.2 Å². The molecule has 0 saturated carbocycles. The molecule has 0 radical (unpaired) electrons. The van der Waals surface area contributed by atoms with Crippen molar-refractivity contribution in [3.63, 3.8) is 0 Å². The first-order valence-corrected chi connectivity index (χ1v) is 5.73. The van der Waals surface area contributed by atoms with Gasteiger partial charge < -0.3 is 10.4 Å². The lowest BCUT2D eigenvalue weighted by Gasteiger charge is -2.17. The summed E-state index contributed by atoms with van der Waals surface area (Å²) in [5.74, 6) is -1.58. The lowest BCUT2D eigenvalue weighted by atomic mass is 10.1. The Morgan fingerprint density at radius 1 is 1.59 bits per heavy atom. The summed E-state index contributed by atoms with van der Waals surface area (Å²) in [6, 6.07) is 1.15. The van der Waals surface area contributed by atoms with Gasteiger partial charge in [-0.2, -0.15) is 0 Å². The molecule has 94 valence electrons. The minimum atomic E-state index is -1.18. The molecule has 2 N–H and O–H groups in total. The van der Waals surface area contributed by atoms with Gasteiger partial charge in [0.05, 0.1) is 6.20 Å². The molecule has 0 aliphatic rings. The van der Waals surface area contributed by atoms with Gasteiger partial charge in [0.15, 0.2) is 0 Å². The second-order valence-electron chi connectivity index (χ2n) is 3.89. The highest BCUT2D eigenvalue weighted by Gasteiger charge is 2.15. The molecule has 0 aliphatic heterocycles. The molecule has 0 amide bonds. The van der Waals surface area contributed by atoms with Crippen molar-refractivity contribution in [2.45, 2.75) is 39.2 Å². The molecule has 1 heterocycles. The van der Waals surface area contributed by atoms with Crippen LogP contribution in [-0.4, -0.2) is 22.1 Å². The van der Waals surface area contributed by atoms with Gasteiger partial charge in [-0.15, -0.1) is 0 Å². The summed E-state index contributed by atoms with van der Waals surface area (Å²) < 4.78 is 12.9. The molecule has 1 aromatic rings. The van der Waals surface area contributed by atoms with Gasteiger partial charge in [-0.05, 0) is 18.9 Å². The highest BCUT2D eigenvalue weighted by atomic mass is 19.1. The number of aromatic carboxylic acids is 1. The quantitative estimate of drug-likeness (QED) is 0.802. The van der Waals surface area contributed by atoms with Crippen molar-refractivity contribution in [1.29, 1.82) is 0 Å². The second-order valence-corrected chi connectivity index (χ2v) is 3.89. The third-order valence-electron chi connectivity index (χ3n) is 2.56. The Balaban J connectivity index is 2.92. The Kier molecular flexibility index (Phi) is 4.87. The zero-order chi connectivity index (χ0) is 12.8. The number of anilines is 1. The van der Waals surface area contributed by atoms with Crippen LogP contribution in [0.5, 0.6) is 0 Å². The van der Waals surface area contributed by atoms with E-state index in [1.807, 2.05) is 6.92 Å². The maximum atomic E-state index is 12.9. The number of rotatable bonds is 6. The van der Waals surface area contributed by atoms with Crippen molar-refractivity contribution in [1.82, 2.24) is 4.98 Å². The third kappa shape index (κ3) is 3.69. The first-order chi connectivity index (χ1) is 8.08. The fraction of sp³-hybridized carbons (Fsp3) is 0.500. The van der Waals surface area contributed by atoms with Gasteiger partial charge in [-0.3, -0.25) is 0 Å². The van der Waals surface area contributed by atoms with Crippen molar-refractivity contribution in [3.8, 4) is 0 Å². The van der Waals surface area contributed by atoms with Gasteiger partial charge in [0.2, 0.25) is 0 Å². The van der Waals surface area contributed by atoms with E-state index < -0.39 is 11.8 Å². The highest BCUT2D eigenvalue weighted by molar-refractivity contribution is 5.93. The number of hydrogen-bond acceptors (Lipinski definition) is 3. The zero-order valence-electron chi connectivity index (χ0n) is 10.0. The largest absolute Gasteiger partial charge is 0.478 e. The summed E-state index contributed by atoms with van der Waals surface area (Å²) in [5.41, 5.74) is -0.125. The second kappa shape index (κ2) is 6.18. The standard InChI is InChI=1S/C12H17FN2O2/c1-3-5-9(4-2)15-11-10(12(16)17)6-8(13)7-14-11/h6-7,9H,3-5H2,1-2H3,(H,14,15)(H,16,17). The predicted octanol–water partition coefficient (Wildman–Crippen LogP) is 2.91. The van der Waals surface area contributed by atoms with Gasteiger partial charge in [0.25, 0.3) is 0 Å². The molecule has 0 aromatic carbocycles. The monoisotopic (exact) mass is 240 g/mol. The van der Waals surface area contributed by atoms with E-state index in [1.54, 1.807) is 0 Å². The van der Waals surface area contributed by atoms with E-state index in [1.165, 1.54) is 0 Å². The summed E-state index contributed by atoms with van der Waals surface area (Å²) in [7, 11) is 0. The molecule has 0 aliphatic carbocycles. The molecule has 1 unspecified atom stereocenters. The van der Waals surface area contributed by atoms with Crippen molar-refractivity contribution in [3.05, 3.63) is 23.6 Å². The van der Waals surface area contributed by atoms with Gasteiger partial charge in [-0.1, -0.05) is 20.3 Å². The fourth-order valence-electron chi connectivity index (χ4n) is 1.64. The van der Waals surface area contributed by atoms with Crippen LogP contribution in [0.15, 0.2) is 12.3 Å². The molecule has 0 spiro atoms. The maximum Gasteiger partial charge on any atom is 0.339 e. The molecular formula is C12H17FN2O2. The molecule has 0 fully saturated rings. The number of carboxylic acids is 1. The Hall–Kier alpha value is -1.65. The van der Waals surface area contributed by atoms with Crippen LogP contribution in [0.25, 0.3) is 0 Å². The lowest BCUT2D eigenvalue weighted by molar-refractivity contribution is 0.0697. The Labute approximate surface area is 99.9 Å². The lowest BCUT2D eigenvalue weighted by Crippen LogP contribution is -2.21. The molecular weight excluding hydrogens is 223 g/mol. The SMILES string of the molecule is CCCC(CC)Nc1ncc(F)cc1C(=O)O. The molecule has 0 bridgehead atoms. The van der Waals surface area contributed by atoms with Crippen LogP contribution in [0.2, 0.25) is 0 Å². The molecule has 0 saturated heterocycles. The van der Waals surface area contributed by atoms with E-state index in [-0.39, 0.29) is 17.4 Å². The summed E-state index contributed by atoms with van der Waals surface area (Å²) in [6.45, 7) is 4.07. The smallest absolute Gasteiger partial charge is 0.339 e. The average molecular weight is 240 g/mol. The zero-order valence-corrected chi connectivity index (χ0v) is 10.0. The molecule has 4 nitrogen and oxygen atoms in total. The Morgan fingerprint density at radius 3 is 2.82 bits per heavy atom. The van der Waals surface area contributed by atoms with Crippen LogP contribution >= 0.6 is 0 Å². The number of halogens is 1. The number of pyridine rings is 1. The van der Waals surface area contributed by atoms with E-state index in [9.17, 15) is 9.18 Å². The topological polar surface area (TPSA) is 62.2 Å². The molecule has 1 aromatic heterocycles. The van der Waals surface area contributed by atoms with Gasteiger partial charge in [-0.25, -0.2) is 14.2 Å². The average Bonchev–Trinajstić information content (AvgIpc) is 2.30. The number of nitrogens with zero attached hydrogens (tertiary/aromatic N) is 1. The Morgan fingerprint density at radius 2 is 2.29 bits per heavy atom. The van der Waals surface area contributed by atoms with Crippen molar-refractivity contribution in [2.75, 3.05) is 5.32 Å². The molecule has 1 atom stereocenters. The van der Waals surface area contributed by atoms with Crippen molar-refractivity contribution in [2.24, 2.45) is 0 Å². The summed E-state index contributed by atoms with van der Waals surface area (Å²) in [4.78, 5) is 14.8. The van der Waals surface area contributed by atoms with E-state index in [4.69, 9.17) is 5.11 Å². The van der Waals surface area contributed by atoms with Crippen LogP contribution < -0.4 is 5.32 Å². The van der Waals surface area contributed by atoms with E-state index in [0.717, 1.165) is 31.5 Å². The van der Waals surface area contributed by atoms with Gasteiger partial charge in [0.1, 0.15) is 17.2 Å². The minimum Gasteiger partial charge on any atom is -0.478 e. The highest BCUT2D eigenvalue weighted by Crippen LogP contribution is 2.17. The van der Waals surface area contributed by atoms with E-state index in [0.29, 0.717) is 0 Å². The van der Waals surface area contributed by atoms with Gasteiger partial charge in [0, 0.05) is 6.04 Å². The fourth-order valence-corrected chi connectivity index (χ4v) is 1.64. The molecule has 5 heteroatoms. The maximum absolute atomic E-state index is 12.9. The van der Waals surface area contributed by atoms with Gasteiger partial charge >= 0.3 is 5.97 Å². The minimum absolute atomic E-state index is 0.125. The van der Waals surface area contributed by atoms with Crippen molar-refractivity contribution < 1.29 is 14.3 Å². The Bertz CT molecular complexity index is 396. The van der Waals surface area contributed by atoms with Crippen LogP contribution in [0.3, 0.4) is 0 Å².